The van der Waals surface area contributed by atoms with Crippen molar-refractivity contribution in [2.45, 2.75) is 25.0 Å². The van der Waals surface area contributed by atoms with Crippen molar-refractivity contribution in [2.75, 3.05) is 0 Å². The molecule has 1 amide bonds. The van der Waals surface area contributed by atoms with E-state index in [9.17, 15) is 14.7 Å². The molecule has 1 atom stereocenters. The molecule has 0 saturated heterocycles. The van der Waals surface area contributed by atoms with Gasteiger partial charge in [-0.25, -0.2) is 4.79 Å². The summed E-state index contributed by atoms with van der Waals surface area (Å²) in [7, 11) is 0. The first-order valence-corrected chi connectivity index (χ1v) is 7.49. The number of carbonyl (C=O) groups is 2. The van der Waals surface area contributed by atoms with Gasteiger partial charge in [0.25, 0.3) is 5.91 Å². The van der Waals surface area contributed by atoms with Crippen molar-refractivity contribution in [1.29, 1.82) is 0 Å². The molecule has 1 saturated carbocycles. The molecule has 1 fully saturated rings. The maximum absolute atomic E-state index is 12.4. The van der Waals surface area contributed by atoms with Gasteiger partial charge in [0, 0.05) is 11.6 Å². The monoisotopic (exact) mass is 311 g/mol. The third-order valence-corrected chi connectivity index (χ3v) is 3.61. The van der Waals surface area contributed by atoms with Crippen molar-refractivity contribution in [3.05, 3.63) is 65.7 Å². The summed E-state index contributed by atoms with van der Waals surface area (Å²) < 4.78 is 5.38. The largest absolute Gasteiger partial charge is 0.507 e. The Kier molecular flexibility index (Phi) is 4.28. The summed E-state index contributed by atoms with van der Waals surface area (Å²) in [4.78, 5) is 24.7. The van der Waals surface area contributed by atoms with Gasteiger partial charge in [-0.15, -0.1) is 0 Å². The van der Waals surface area contributed by atoms with Gasteiger partial charge >= 0.3 is 5.97 Å². The van der Waals surface area contributed by atoms with Crippen LogP contribution in [0.4, 0.5) is 0 Å². The molecule has 23 heavy (non-hydrogen) atoms. The van der Waals surface area contributed by atoms with E-state index in [2.05, 4.69) is 5.32 Å². The first kappa shape index (κ1) is 15.1. The molecular formula is C18H17NO4. The van der Waals surface area contributed by atoms with Gasteiger partial charge in [-0.1, -0.05) is 42.5 Å². The van der Waals surface area contributed by atoms with Crippen molar-refractivity contribution < 1.29 is 19.4 Å². The van der Waals surface area contributed by atoms with Gasteiger partial charge < -0.3 is 15.2 Å². The van der Waals surface area contributed by atoms with Gasteiger partial charge in [0.1, 0.15) is 11.3 Å². The highest BCUT2D eigenvalue weighted by Gasteiger charge is 2.31. The smallest absolute Gasteiger partial charge is 0.343 e. The SMILES string of the molecule is O=C(OC(C(=O)NC1CC1)c1ccccc1)c1ccccc1O. The predicted molar refractivity (Wildman–Crippen MR) is 83.9 cm³/mol. The van der Waals surface area contributed by atoms with Gasteiger partial charge in [-0.3, -0.25) is 4.79 Å². The van der Waals surface area contributed by atoms with E-state index in [0.717, 1.165) is 12.8 Å². The Hall–Kier alpha value is -2.82. The minimum absolute atomic E-state index is 0.0349. The van der Waals surface area contributed by atoms with Crippen molar-refractivity contribution in [1.82, 2.24) is 5.32 Å². The predicted octanol–water partition coefficient (Wildman–Crippen LogP) is 2.57. The number of hydrogen-bond acceptors (Lipinski definition) is 4. The van der Waals surface area contributed by atoms with Crippen molar-refractivity contribution in [3.8, 4) is 5.75 Å². The fraction of sp³-hybridized carbons (Fsp3) is 0.222. The number of benzene rings is 2. The van der Waals surface area contributed by atoms with Crippen molar-refractivity contribution in [3.63, 3.8) is 0 Å². The topological polar surface area (TPSA) is 75.6 Å². The number of phenolic OH excluding ortho intramolecular Hbond substituents is 1. The molecule has 0 bridgehead atoms. The number of carbonyl (C=O) groups excluding carboxylic acids is 2. The van der Waals surface area contributed by atoms with Gasteiger partial charge in [-0.2, -0.15) is 0 Å². The molecule has 2 N–H and O–H groups in total. The molecule has 1 aliphatic rings. The minimum atomic E-state index is -1.04. The average Bonchev–Trinajstić information content (AvgIpc) is 3.37. The van der Waals surface area contributed by atoms with Crippen LogP contribution >= 0.6 is 0 Å². The molecule has 0 aliphatic heterocycles. The maximum atomic E-state index is 12.4. The van der Waals surface area contributed by atoms with Crippen LogP contribution in [-0.2, 0) is 9.53 Å². The molecule has 0 heterocycles. The second-order valence-electron chi connectivity index (χ2n) is 5.50. The number of rotatable bonds is 5. The Labute approximate surface area is 133 Å². The summed E-state index contributed by atoms with van der Waals surface area (Å²) in [5.74, 6) is -1.25. The molecule has 1 aliphatic carbocycles. The van der Waals surface area contributed by atoms with Crippen molar-refractivity contribution in [2.24, 2.45) is 0 Å². The van der Waals surface area contributed by atoms with E-state index in [0.29, 0.717) is 5.56 Å². The van der Waals surface area contributed by atoms with Crippen molar-refractivity contribution >= 4 is 11.9 Å². The van der Waals surface area contributed by atoms with E-state index in [-0.39, 0.29) is 23.3 Å². The highest BCUT2D eigenvalue weighted by atomic mass is 16.5. The number of nitrogens with one attached hydrogen (secondary N) is 1. The van der Waals surface area contributed by atoms with E-state index in [1.807, 2.05) is 6.07 Å². The molecule has 1 unspecified atom stereocenters. The average molecular weight is 311 g/mol. The Morgan fingerprint density at radius 1 is 1.04 bits per heavy atom. The number of amides is 1. The molecule has 0 radical (unpaired) electrons. The van der Waals surface area contributed by atoms with Crippen LogP contribution in [-0.4, -0.2) is 23.0 Å². The number of esters is 1. The summed E-state index contributed by atoms with van der Waals surface area (Å²) >= 11 is 0. The fourth-order valence-corrected chi connectivity index (χ4v) is 2.22. The van der Waals surface area contributed by atoms with Crippen LogP contribution in [0.3, 0.4) is 0 Å². The number of phenols is 1. The lowest BCUT2D eigenvalue weighted by Crippen LogP contribution is -2.33. The summed E-state index contributed by atoms with van der Waals surface area (Å²) in [5, 5.41) is 12.6. The minimum Gasteiger partial charge on any atom is -0.507 e. The zero-order chi connectivity index (χ0) is 16.2. The maximum Gasteiger partial charge on any atom is 0.343 e. The number of hydrogen-bond donors (Lipinski definition) is 2. The Morgan fingerprint density at radius 3 is 2.35 bits per heavy atom. The molecule has 0 aromatic heterocycles. The van der Waals surface area contributed by atoms with Gasteiger partial charge in [0.15, 0.2) is 0 Å². The van der Waals surface area contributed by atoms with E-state index in [1.54, 1.807) is 36.4 Å². The molecule has 3 rings (SSSR count). The molecular weight excluding hydrogens is 294 g/mol. The van der Waals surface area contributed by atoms with Gasteiger partial charge in [0.2, 0.25) is 6.10 Å². The van der Waals surface area contributed by atoms with E-state index < -0.39 is 12.1 Å². The molecule has 2 aromatic rings. The normalized spacial score (nSPS) is 14.8. The lowest BCUT2D eigenvalue weighted by molar-refractivity contribution is -0.130. The first-order chi connectivity index (χ1) is 11.1. The quantitative estimate of drug-likeness (QED) is 0.832. The highest BCUT2D eigenvalue weighted by molar-refractivity contribution is 5.95. The molecule has 5 nitrogen and oxygen atoms in total. The molecule has 5 heteroatoms. The zero-order valence-corrected chi connectivity index (χ0v) is 12.4. The van der Waals surface area contributed by atoms with Crippen LogP contribution in [0.2, 0.25) is 0 Å². The summed E-state index contributed by atoms with van der Waals surface area (Å²) in [6.45, 7) is 0. The molecule has 118 valence electrons. The third-order valence-electron chi connectivity index (χ3n) is 3.61. The summed E-state index contributed by atoms with van der Waals surface area (Å²) in [6, 6.07) is 15.1. The Bertz CT molecular complexity index is 710. The van der Waals surface area contributed by atoms with E-state index in [4.69, 9.17) is 4.74 Å². The van der Waals surface area contributed by atoms with Crippen LogP contribution in [0.1, 0.15) is 34.9 Å². The second kappa shape index (κ2) is 6.52. The molecule has 0 spiro atoms. The number of para-hydroxylation sites is 1. The summed E-state index contributed by atoms with van der Waals surface area (Å²) in [6.07, 6.45) is 0.852. The van der Waals surface area contributed by atoms with Crippen LogP contribution < -0.4 is 5.32 Å². The lowest BCUT2D eigenvalue weighted by atomic mass is 10.1. The fourth-order valence-electron chi connectivity index (χ4n) is 2.22. The first-order valence-electron chi connectivity index (χ1n) is 7.49. The van der Waals surface area contributed by atoms with Crippen LogP contribution in [0.5, 0.6) is 5.75 Å². The molecule has 2 aromatic carbocycles. The van der Waals surface area contributed by atoms with Crippen LogP contribution in [0.15, 0.2) is 54.6 Å². The lowest BCUT2D eigenvalue weighted by Gasteiger charge is -2.18. The standard InChI is InChI=1S/C18H17NO4/c20-15-9-5-4-8-14(15)18(22)23-16(12-6-2-1-3-7-12)17(21)19-13-10-11-13/h1-9,13,16,20H,10-11H2,(H,19,21). The number of ether oxygens (including phenoxy) is 1. The highest BCUT2D eigenvalue weighted by Crippen LogP contribution is 2.25. The van der Waals surface area contributed by atoms with Crippen LogP contribution in [0.25, 0.3) is 0 Å². The van der Waals surface area contributed by atoms with Crippen LogP contribution in [0, 0.1) is 0 Å². The summed E-state index contributed by atoms with van der Waals surface area (Å²) in [5.41, 5.74) is 0.627. The van der Waals surface area contributed by atoms with E-state index >= 15 is 0 Å². The second-order valence-corrected chi connectivity index (χ2v) is 5.50. The number of aromatic hydroxyl groups is 1. The van der Waals surface area contributed by atoms with E-state index in [1.165, 1.54) is 12.1 Å². The third kappa shape index (κ3) is 3.69. The van der Waals surface area contributed by atoms with Gasteiger partial charge in [0.05, 0.1) is 0 Å². The Balaban J connectivity index is 1.82. The Morgan fingerprint density at radius 2 is 1.70 bits per heavy atom. The van der Waals surface area contributed by atoms with Gasteiger partial charge in [-0.05, 0) is 25.0 Å². The zero-order valence-electron chi connectivity index (χ0n) is 12.4.